The smallest absolute Gasteiger partial charge is 0.349 e. The Morgan fingerprint density at radius 3 is 2.93 bits per heavy atom. The van der Waals surface area contributed by atoms with Crippen LogP contribution in [-0.2, 0) is 24.2 Å². The molecule has 1 amide bonds. The summed E-state index contributed by atoms with van der Waals surface area (Å²) in [4.78, 5) is 29.6. The summed E-state index contributed by atoms with van der Waals surface area (Å²) < 4.78 is 10.8. The second-order valence-electron chi connectivity index (χ2n) is 7.44. The van der Waals surface area contributed by atoms with Gasteiger partial charge in [-0.1, -0.05) is 0 Å². The molecule has 0 aromatic carbocycles. The van der Waals surface area contributed by atoms with Crippen LogP contribution in [0.25, 0.3) is 0 Å². The van der Waals surface area contributed by atoms with Gasteiger partial charge in [-0.05, 0) is 48.6 Å². The SMILES string of the molecule is Cc1cc(C2CCOCC2)oc(=O)c1C(=O)NCc1cnc2c(c1)CNCC2. The van der Waals surface area contributed by atoms with Crippen molar-refractivity contribution in [2.45, 2.75) is 45.2 Å². The largest absolute Gasteiger partial charge is 0.427 e. The van der Waals surface area contributed by atoms with Gasteiger partial charge in [0, 0.05) is 57.1 Å². The summed E-state index contributed by atoms with van der Waals surface area (Å²) in [6, 6.07) is 3.87. The fourth-order valence-corrected chi connectivity index (χ4v) is 3.85. The van der Waals surface area contributed by atoms with E-state index in [4.69, 9.17) is 9.15 Å². The lowest BCUT2D eigenvalue weighted by atomic mass is 9.95. The monoisotopic (exact) mass is 383 g/mol. The van der Waals surface area contributed by atoms with Crippen LogP contribution in [0.15, 0.2) is 27.5 Å². The maximum absolute atomic E-state index is 12.6. The van der Waals surface area contributed by atoms with Gasteiger partial charge in [0.15, 0.2) is 0 Å². The van der Waals surface area contributed by atoms with Gasteiger partial charge < -0.3 is 19.8 Å². The third-order valence-electron chi connectivity index (χ3n) is 5.44. The van der Waals surface area contributed by atoms with Crippen molar-refractivity contribution in [1.82, 2.24) is 15.6 Å². The molecule has 0 saturated carbocycles. The zero-order valence-electron chi connectivity index (χ0n) is 16.0. The van der Waals surface area contributed by atoms with Crippen molar-refractivity contribution in [2.75, 3.05) is 19.8 Å². The van der Waals surface area contributed by atoms with E-state index in [1.54, 1.807) is 13.1 Å². The summed E-state index contributed by atoms with van der Waals surface area (Å²) in [6.45, 7) is 5.16. The van der Waals surface area contributed by atoms with Gasteiger partial charge in [0.05, 0.1) is 0 Å². The highest BCUT2D eigenvalue weighted by Gasteiger charge is 2.23. The minimum atomic E-state index is -0.577. The highest BCUT2D eigenvalue weighted by Crippen LogP contribution is 2.27. The molecule has 2 aliphatic rings. The predicted molar refractivity (Wildman–Crippen MR) is 103 cm³/mol. The van der Waals surface area contributed by atoms with E-state index >= 15 is 0 Å². The molecule has 0 aliphatic carbocycles. The van der Waals surface area contributed by atoms with Crippen LogP contribution in [0.4, 0.5) is 0 Å². The third kappa shape index (κ3) is 4.00. The lowest BCUT2D eigenvalue weighted by Gasteiger charge is -2.21. The van der Waals surface area contributed by atoms with Gasteiger partial charge in [-0.3, -0.25) is 9.78 Å². The van der Waals surface area contributed by atoms with Gasteiger partial charge >= 0.3 is 5.63 Å². The third-order valence-corrected chi connectivity index (χ3v) is 5.44. The van der Waals surface area contributed by atoms with Gasteiger partial charge in [0.25, 0.3) is 5.91 Å². The first-order valence-electron chi connectivity index (χ1n) is 9.80. The number of hydrogen-bond donors (Lipinski definition) is 2. The zero-order chi connectivity index (χ0) is 19.5. The predicted octanol–water partition coefficient (Wildman–Crippen LogP) is 1.81. The lowest BCUT2D eigenvalue weighted by Crippen LogP contribution is -2.30. The highest BCUT2D eigenvalue weighted by atomic mass is 16.5. The normalized spacial score (nSPS) is 17.2. The summed E-state index contributed by atoms with van der Waals surface area (Å²) in [5, 5.41) is 6.14. The Morgan fingerprint density at radius 1 is 1.32 bits per heavy atom. The van der Waals surface area contributed by atoms with E-state index in [2.05, 4.69) is 21.7 Å². The van der Waals surface area contributed by atoms with Gasteiger partial charge in [0.2, 0.25) is 0 Å². The van der Waals surface area contributed by atoms with Crippen molar-refractivity contribution in [1.29, 1.82) is 0 Å². The van der Waals surface area contributed by atoms with Crippen molar-refractivity contribution in [3.05, 3.63) is 62.5 Å². The maximum Gasteiger partial charge on any atom is 0.349 e. The van der Waals surface area contributed by atoms with E-state index in [9.17, 15) is 9.59 Å². The minimum Gasteiger partial charge on any atom is -0.427 e. The van der Waals surface area contributed by atoms with Crippen molar-refractivity contribution in [3.63, 3.8) is 0 Å². The Morgan fingerprint density at radius 2 is 2.14 bits per heavy atom. The molecule has 0 spiro atoms. The van der Waals surface area contributed by atoms with E-state index in [-0.39, 0.29) is 11.5 Å². The number of ether oxygens (including phenoxy) is 1. The van der Waals surface area contributed by atoms with Gasteiger partial charge in [0.1, 0.15) is 11.3 Å². The molecule has 2 aromatic rings. The van der Waals surface area contributed by atoms with E-state index in [1.165, 1.54) is 0 Å². The molecule has 0 atom stereocenters. The minimum absolute atomic E-state index is 0.0726. The Kier molecular flexibility index (Phi) is 5.54. The quantitative estimate of drug-likeness (QED) is 0.836. The Balaban J connectivity index is 1.46. The molecule has 2 N–H and O–H groups in total. The Labute approximate surface area is 163 Å². The van der Waals surface area contributed by atoms with Crippen molar-refractivity contribution >= 4 is 5.91 Å². The highest BCUT2D eigenvalue weighted by molar-refractivity contribution is 5.95. The zero-order valence-corrected chi connectivity index (χ0v) is 16.0. The van der Waals surface area contributed by atoms with Crippen LogP contribution in [0.1, 0.15) is 57.3 Å². The summed E-state index contributed by atoms with van der Waals surface area (Å²) in [7, 11) is 0. The molecule has 1 fully saturated rings. The van der Waals surface area contributed by atoms with Gasteiger partial charge in [-0.25, -0.2) is 4.79 Å². The van der Waals surface area contributed by atoms with Crippen LogP contribution in [0.5, 0.6) is 0 Å². The lowest BCUT2D eigenvalue weighted by molar-refractivity contribution is 0.0795. The van der Waals surface area contributed by atoms with Crippen LogP contribution in [-0.4, -0.2) is 30.6 Å². The first kappa shape index (κ1) is 18.8. The van der Waals surface area contributed by atoms with E-state index in [1.807, 2.05) is 6.07 Å². The molecular weight excluding hydrogens is 358 g/mol. The fraction of sp³-hybridized carbons (Fsp3) is 0.476. The number of amides is 1. The molecule has 7 nitrogen and oxygen atoms in total. The number of hydrogen-bond acceptors (Lipinski definition) is 6. The number of carbonyl (C=O) groups is 1. The maximum atomic E-state index is 12.6. The standard InChI is InChI=1S/C21H25N3O4/c1-13-8-18(15-3-6-27-7-4-15)28-21(26)19(13)20(25)24-11-14-9-16-12-22-5-2-17(16)23-10-14/h8-10,15,22H,2-7,11-12H2,1H3,(H,24,25). The van der Waals surface area contributed by atoms with Gasteiger partial charge in [-0.2, -0.15) is 0 Å². The number of pyridine rings is 1. The van der Waals surface area contributed by atoms with E-state index in [0.717, 1.165) is 49.2 Å². The number of aromatic nitrogens is 1. The summed E-state index contributed by atoms with van der Waals surface area (Å²) in [5.74, 6) is 0.404. The molecule has 0 radical (unpaired) electrons. The second-order valence-corrected chi connectivity index (χ2v) is 7.44. The average Bonchev–Trinajstić information content (AvgIpc) is 2.72. The number of carbonyl (C=O) groups excluding carboxylic acids is 1. The van der Waals surface area contributed by atoms with Crippen molar-refractivity contribution in [3.8, 4) is 0 Å². The summed E-state index contributed by atoms with van der Waals surface area (Å²) in [6.07, 6.45) is 4.36. The molecule has 7 heteroatoms. The Bertz CT molecular complexity index is 932. The molecule has 2 aromatic heterocycles. The molecule has 0 unspecified atom stereocenters. The first-order chi connectivity index (χ1) is 13.6. The Hall–Kier alpha value is -2.51. The molecule has 4 rings (SSSR count). The molecule has 4 heterocycles. The van der Waals surface area contributed by atoms with Crippen molar-refractivity contribution in [2.24, 2.45) is 0 Å². The second kappa shape index (κ2) is 8.24. The van der Waals surface area contributed by atoms with Gasteiger partial charge in [-0.15, -0.1) is 0 Å². The molecule has 1 saturated heterocycles. The topological polar surface area (TPSA) is 93.5 Å². The van der Waals surface area contributed by atoms with Crippen LogP contribution in [0, 0.1) is 6.92 Å². The van der Waals surface area contributed by atoms with E-state index < -0.39 is 11.5 Å². The van der Waals surface area contributed by atoms with Crippen LogP contribution in [0.2, 0.25) is 0 Å². The number of aryl methyl sites for hydroxylation is 1. The number of nitrogens with zero attached hydrogens (tertiary/aromatic N) is 1. The summed E-state index contributed by atoms with van der Waals surface area (Å²) in [5.41, 5.74) is 3.32. The first-order valence-corrected chi connectivity index (χ1v) is 9.80. The summed E-state index contributed by atoms with van der Waals surface area (Å²) >= 11 is 0. The van der Waals surface area contributed by atoms with Crippen LogP contribution in [0.3, 0.4) is 0 Å². The molecular formula is C21H25N3O4. The molecule has 28 heavy (non-hydrogen) atoms. The van der Waals surface area contributed by atoms with Crippen molar-refractivity contribution < 1.29 is 13.9 Å². The number of nitrogens with one attached hydrogen (secondary N) is 2. The van der Waals surface area contributed by atoms with Crippen LogP contribution >= 0.6 is 0 Å². The number of rotatable bonds is 4. The average molecular weight is 383 g/mol. The van der Waals surface area contributed by atoms with Crippen LogP contribution < -0.4 is 16.3 Å². The molecule has 2 aliphatic heterocycles. The van der Waals surface area contributed by atoms with E-state index in [0.29, 0.717) is 31.1 Å². The molecule has 148 valence electrons. The fourth-order valence-electron chi connectivity index (χ4n) is 3.85. The molecule has 0 bridgehead atoms. The number of fused-ring (bicyclic) bond motifs is 1.